The van der Waals surface area contributed by atoms with Crippen molar-refractivity contribution in [1.29, 1.82) is 0 Å². The molecule has 1 N–H and O–H groups in total. The Balaban J connectivity index is 1.64. The summed E-state index contributed by atoms with van der Waals surface area (Å²) in [7, 11) is 0. The minimum Gasteiger partial charge on any atom is -0.325 e. The molecule has 0 aliphatic carbocycles. The van der Waals surface area contributed by atoms with E-state index in [2.05, 4.69) is 10.3 Å². The van der Waals surface area contributed by atoms with Crippen molar-refractivity contribution >= 4 is 51.7 Å². The summed E-state index contributed by atoms with van der Waals surface area (Å²) in [5.41, 5.74) is 0.507. The van der Waals surface area contributed by atoms with Crippen LogP contribution in [0.1, 0.15) is 17.5 Å². The third kappa shape index (κ3) is 6.43. The average molecular weight is 518 g/mol. The van der Waals surface area contributed by atoms with Crippen molar-refractivity contribution < 1.29 is 22.8 Å². The van der Waals surface area contributed by atoms with Crippen molar-refractivity contribution in [3.05, 3.63) is 95.0 Å². The van der Waals surface area contributed by atoms with Gasteiger partial charge in [0.05, 0.1) is 17.8 Å². The molecule has 5 nitrogen and oxygen atoms in total. The third-order valence-electron chi connectivity index (χ3n) is 5.13. The lowest BCUT2D eigenvalue weighted by Gasteiger charge is -2.32. The second kappa shape index (κ2) is 10.5. The van der Waals surface area contributed by atoms with E-state index in [4.69, 9.17) is 11.6 Å². The van der Waals surface area contributed by atoms with E-state index >= 15 is 0 Å². The Kier molecular flexibility index (Phi) is 7.47. The number of thioether (sulfide) groups is 1. The fourth-order valence-electron chi connectivity index (χ4n) is 3.38. The van der Waals surface area contributed by atoms with Crippen LogP contribution in [0.3, 0.4) is 0 Å². The molecule has 1 fully saturated rings. The molecule has 35 heavy (non-hydrogen) atoms. The van der Waals surface area contributed by atoms with E-state index in [0.717, 1.165) is 29.5 Å². The molecule has 0 spiro atoms. The Bertz CT molecular complexity index is 1250. The standard InChI is InChI=1S/C25H19ClF3N3O2S/c26-18-11-9-16(10-12-18)15-32-22(33)14-21(23(34)30-19-6-2-1-3-7-19)35-24(32)31-20-8-4-5-17(13-20)25(27,28)29/h1-13,21H,14-15H2,(H,30,34). The molecule has 0 saturated carbocycles. The van der Waals surface area contributed by atoms with Crippen LogP contribution in [0.25, 0.3) is 0 Å². The molecule has 0 aromatic heterocycles. The zero-order valence-corrected chi connectivity index (χ0v) is 19.7. The number of anilines is 1. The first kappa shape index (κ1) is 24.8. The molecule has 1 atom stereocenters. The average Bonchev–Trinajstić information content (AvgIpc) is 2.82. The zero-order chi connectivity index (χ0) is 25.0. The van der Waals surface area contributed by atoms with Gasteiger partial charge in [-0.15, -0.1) is 0 Å². The van der Waals surface area contributed by atoms with Crippen LogP contribution in [-0.2, 0) is 22.3 Å². The lowest BCUT2D eigenvalue weighted by molar-refractivity contribution is -0.137. The fraction of sp³-hybridized carbons (Fsp3) is 0.160. The normalized spacial score (nSPS) is 17.5. The molecule has 0 bridgehead atoms. The third-order valence-corrected chi connectivity index (χ3v) is 6.57. The summed E-state index contributed by atoms with van der Waals surface area (Å²) >= 11 is 6.98. The number of para-hydroxylation sites is 1. The number of nitrogens with one attached hydrogen (secondary N) is 1. The summed E-state index contributed by atoms with van der Waals surface area (Å²) in [5.74, 6) is -0.755. The predicted octanol–water partition coefficient (Wildman–Crippen LogP) is 6.52. The Hall–Kier alpha value is -3.30. The number of carbonyl (C=O) groups excluding carboxylic acids is 2. The number of hydrogen-bond donors (Lipinski definition) is 1. The molecular weight excluding hydrogens is 499 g/mol. The molecular formula is C25H19ClF3N3O2S. The molecule has 3 aromatic rings. The number of benzene rings is 3. The monoisotopic (exact) mass is 517 g/mol. The first-order chi connectivity index (χ1) is 16.7. The molecule has 1 aliphatic rings. The zero-order valence-electron chi connectivity index (χ0n) is 18.1. The van der Waals surface area contributed by atoms with Gasteiger partial charge in [-0.25, -0.2) is 4.99 Å². The first-order valence-electron chi connectivity index (χ1n) is 10.5. The largest absolute Gasteiger partial charge is 0.416 e. The van der Waals surface area contributed by atoms with E-state index in [1.165, 1.54) is 17.0 Å². The molecule has 1 heterocycles. The van der Waals surface area contributed by atoms with Crippen LogP contribution >= 0.6 is 23.4 Å². The summed E-state index contributed by atoms with van der Waals surface area (Å²) in [6.07, 6.45) is -4.62. The topological polar surface area (TPSA) is 61.8 Å². The Morgan fingerprint density at radius 3 is 2.46 bits per heavy atom. The van der Waals surface area contributed by atoms with Crippen LogP contribution in [0.2, 0.25) is 5.02 Å². The highest BCUT2D eigenvalue weighted by atomic mass is 35.5. The van der Waals surface area contributed by atoms with Crippen molar-refractivity contribution in [2.75, 3.05) is 5.32 Å². The van der Waals surface area contributed by atoms with Crippen molar-refractivity contribution in [2.45, 2.75) is 24.4 Å². The molecule has 1 unspecified atom stereocenters. The Labute approximate surface area is 209 Å². The van der Waals surface area contributed by atoms with E-state index in [1.54, 1.807) is 48.5 Å². The van der Waals surface area contributed by atoms with Gasteiger partial charge in [0.15, 0.2) is 5.17 Å². The molecule has 1 saturated heterocycles. The fourth-order valence-corrected chi connectivity index (χ4v) is 4.60. The quantitative estimate of drug-likeness (QED) is 0.419. The predicted molar refractivity (Wildman–Crippen MR) is 132 cm³/mol. The number of amides is 2. The molecule has 2 amide bonds. The van der Waals surface area contributed by atoms with Gasteiger partial charge < -0.3 is 5.32 Å². The summed E-state index contributed by atoms with van der Waals surface area (Å²) < 4.78 is 39.6. The van der Waals surface area contributed by atoms with E-state index in [0.29, 0.717) is 10.7 Å². The molecule has 3 aromatic carbocycles. The van der Waals surface area contributed by atoms with Crippen molar-refractivity contribution in [3.8, 4) is 0 Å². The van der Waals surface area contributed by atoms with E-state index in [1.807, 2.05) is 6.07 Å². The number of aliphatic imine (C=N–C) groups is 1. The Morgan fingerprint density at radius 1 is 1.06 bits per heavy atom. The highest BCUT2D eigenvalue weighted by molar-refractivity contribution is 8.15. The SMILES string of the molecule is O=C(Nc1ccccc1)C1CC(=O)N(Cc2ccc(Cl)cc2)C(=Nc2cccc(C(F)(F)F)c2)S1. The van der Waals surface area contributed by atoms with Crippen LogP contribution in [0.5, 0.6) is 0 Å². The number of nitrogens with zero attached hydrogens (tertiary/aromatic N) is 2. The van der Waals surface area contributed by atoms with Gasteiger partial charge in [0.25, 0.3) is 0 Å². The second-order valence-electron chi connectivity index (χ2n) is 7.71. The van der Waals surface area contributed by atoms with Crippen molar-refractivity contribution in [1.82, 2.24) is 4.90 Å². The van der Waals surface area contributed by atoms with E-state index in [-0.39, 0.29) is 29.7 Å². The van der Waals surface area contributed by atoms with Crippen molar-refractivity contribution in [2.24, 2.45) is 4.99 Å². The molecule has 1 aliphatic heterocycles. The number of alkyl halides is 3. The lowest BCUT2D eigenvalue weighted by atomic mass is 10.2. The molecule has 4 rings (SSSR count). The minimum absolute atomic E-state index is 0.0281. The van der Waals surface area contributed by atoms with Gasteiger partial charge in [-0.1, -0.05) is 59.8 Å². The number of halogens is 4. The molecule has 0 radical (unpaired) electrons. The Morgan fingerprint density at radius 2 is 1.77 bits per heavy atom. The number of amidine groups is 1. The summed E-state index contributed by atoms with van der Waals surface area (Å²) in [6.45, 7) is 0.133. The molecule has 10 heteroatoms. The lowest BCUT2D eigenvalue weighted by Crippen LogP contribution is -2.44. The summed E-state index contributed by atoms with van der Waals surface area (Å²) in [6, 6.07) is 20.2. The van der Waals surface area contributed by atoms with Gasteiger partial charge in [0.2, 0.25) is 11.8 Å². The summed E-state index contributed by atoms with van der Waals surface area (Å²) in [4.78, 5) is 31.7. The minimum atomic E-state index is -4.53. The van der Waals surface area contributed by atoms with Gasteiger partial charge in [0, 0.05) is 17.1 Å². The highest BCUT2D eigenvalue weighted by Crippen LogP contribution is 2.34. The van der Waals surface area contributed by atoms with Gasteiger partial charge in [-0.3, -0.25) is 14.5 Å². The van der Waals surface area contributed by atoms with Gasteiger partial charge in [0.1, 0.15) is 5.25 Å². The van der Waals surface area contributed by atoms with Crippen LogP contribution in [0, 0.1) is 0 Å². The summed E-state index contributed by atoms with van der Waals surface area (Å²) in [5, 5.41) is 2.64. The second-order valence-corrected chi connectivity index (χ2v) is 9.32. The number of carbonyl (C=O) groups is 2. The van der Waals surface area contributed by atoms with E-state index in [9.17, 15) is 22.8 Å². The van der Waals surface area contributed by atoms with Gasteiger partial charge >= 0.3 is 6.18 Å². The van der Waals surface area contributed by atoms with Crippen LogP contribution in [0.15, 0.2) is 83.9 Å². The van der Waals surface area contributed by atoms with Gasteiger partial charge in [-0.05, 0) is 48.0 Å². The maximum Gasteiger partial charge on any atom is 0.416 e. The van der Waals surface area contributed by atoms with E-state index < -0.39 is 22.9 Å². The highest BCUT2D eigenvalue weighted by Gasteiger charge is 2.36. The van der Waals surface area contributed by atoms with Crippen LogP contribution in [0.4, 0.5) is 24.5 Å². The van der Waals surface area contributed by atoms with Crippen LogP contribution < -0.4 is 5.32 Å². The first-order valence-corrected chi connectivity index (χ1v) is 11.8. The number of hydrogen-bond acceptors (Lipinski definition) is 4. The maximum atomic E-state index is 13.2. The van der Waals surface area contributed by atoms with Crippen molar-refractivity contribution in [3.63, 3.8) is 0 Å². The number of rotatable bonds is 5. The molecule has 180 valence electrons. The maximum absolute atomic E-state index is 13.2. The van der Waals surface area contributed by atoms with Crippen LogP contribution in [-0.4, -0.2) is 27.1 Å². The van der Waals surface area contributed by atoms with Gasteiger partial charge in [-0.2, -0.15) is 13.2 Å². The smallest absolute Gasteiger partial charge is 0.325 e.